The quantitative estimate of drug-likeness (QED) is 0.523. The highest BCUT2D eigenvalue weighted by molar-refractivity contribution is 5.88. The molecule has 3 heterocycles. The van der Waals surface area contributed by atoms with E-state index in [2.05, 4.69) is 35.9 Å². The summed E-state index contributed by atoms with van der Waals surface area (Å²) < 4.78 is 12.5. The molecular weight excluding hydrogens is 400 g/mol. The number of aryl methyl sites for hydroxylation is 1. The predicted octanol–water partition coefficient (Wildman–Crippen LogP) is 2.75. The molecule has 0 saturated heterocycles. The number of fused-ring (bicyclic) bond motifs is 1. The number of amides is 1. The first-order valence-corrected chi connectivity index (χ1v) is 10.4. The van der Waals surface area contributed by atoms with E-state index < -0.39 is 0 Å². The predicted molar refractivity (Wildman–Crippen MR) is 114 cm³/mol. The maximum atomic E-state index is 11.8. The van der Waals surface area contributed by atoms with Gasteiger partial charge in [-0.3, -0.25) is 9.78 Å². The lowest BCUT2D eigenvalue weighted by Crippen LogP contribution is -2.33. The Morgan fingerprint density at radius 1 is 1.35 bits per heavy atom. The van der Waals surface area contributed by atoms with E-state index in [-0.39, 0.29) is 24.2 Å². The van der Waals surface area contributed by atoms with Crippen LogP contribution in [0.1, 0.15) is 50.4 Å². The fourth-order valence-electron chi connectivity index (χ4n) is 3.98. The normalized spacial score (nSPS) is 18.6. The number of methoxy groups -OCH3 is 1. The third kappa shape index (κ3) is 4.61. The number of hydrogen-bond acceptors (Lipinski definition) is 8. The van der Waals surface area contributed by atoms with Crippen molar-refractivity contribution in [2.45, 2.75) is 57.8 Å². The molecule has 166 valence electrons. The third-order valence-corrected chi connectivity index (χ3v) is 5.32. The Hall–Kier alpha value is -3.21. The molecule has 1 aliphatic carbocycles. The zero-order valence-electron chi connectivity index (χ0n) is 18.2. The van der Waals surface area contributed by atoms with Crippen molar-refractivity contribution >= 4 is 28.8 Å². The van der Waals surface area contributed by atoms with Crippen LogP contribution in [0, 0.1) is 0 Å². The van der Waals surface area contributed by atoms with Crippen LogP contribution in [0.15, 0.2) is 12.4 Å². The lowest BCUT2D eigenvalue weighted by atomic mass is 10.0. The second kappa shape index (κ2) is 8.88. The summed E-state index contributed by atoms with van der Waals surface area (Å²) >= 11 is 0. The summed E-state index contributed by atoms with van der Waals surface area (Å²) in [5.74, 6) is 1.54. The number of aromatic amines is 1. The number of rotatable bonds is 7. The van der Waals surface area contributed by atoms with Crippen LogP contribution in [0.2, 0.25) is 0 Å². The summed E-state index contributed by atoms with van der Waals surface area (Å²) in [5, 5.41) is 18.0. The Morgan fingerprint density at radius 2 is 2.19 bits per heavy atom. The average Bonchev–Trinajstić information content (AvgIpc) is 3.42. The summed E-state index contributed by atoms with van der Waals surface area (Å²) in [7, 11) is 3.47. The fraction of sp³-hybridized carbons (Fsp3) is 0.550. The number of nitrogens with zero attached hydrogens (tertiary/aromatic N) is 5. The third-order valence-electron chi connectivity index (χ3n) is 5.32. The second-order valence-corrected chi connectivity index (χ2v) is 8.09. The van der Waals surface area contributed by atoms with Gasteiger partial charge in [0.1, 0.15) is 29.2 Å². The van der Waals surface area contributed by atoms with Crippen molar-refractivity contribution in [3.8, 4) is 0 Å². The van der Waals surface area contributed by atoms with Gasteiger partial charge < -0.3 is 20.1 Å². The standard InChI is InChI=1S/C20H28N8O3/c1-11(2)23-20(29)31-13-6-5-12(7-13)14-8-16(26-25-14)24-19-18-17(21-10-22-19)15(9-30-4)27-28(18)3/h8,10-13H,5-7,9H2,1-4H3,(H,23,29)(H2,21,22,24,25,26)/t12-,13+/m0/s1. The van der Waals surface area contributed by atoms with Crippen LogP contribution in [-0.4, -0.2) is 55.3 Å². The smallest absolute Gasteiger partial charge is 0.407 e. The van der Waals surface area contributed by atoms with Crippen molar-refractivity contribution in [2.75, 3.05) is 12.4 Å². The molecule has 31 heavy (non-hydrogen) atoms. The van der Waals surface area contributed by atoms with Crippen molar-refractivity contribution in [3.63, 3.8) is 0 Å². The number of anilines is 2. The largest absolute Gasteiger partial charge is 0.446 e. The van der Waals surface area contributed by atoms with Crippen molar-refractivity contribution in [3.05, 3.63) is 23.8 Å². The van der Waals surface area contributed by atoms with E-state index >= 15 is 0 Å². The molecule has 11 heteroatoms. The molecular formula is C20H28N8O3. The minimum Gasteiger partial charge on any atom is -0.446 e. The van der Waals surface area contributed by atoms with Gasteiger partial charge >= 0.3 is 6.09 Å². The topological polar surface area (TPSA) is 132 Å². The van der Waals surface area contributed by atoms with Crippen LogP contribution in [0.5, 0.6) is 0 Å². The van der Waals surface area contributed by atoms with Crippen molar-refractivity contribution in [1.29, 1.82) is 0 Å². The number of H-pyrrole nitrogens is 1. The van der Waals surface area contributed by atoms with E-state index in [0.717, 1.165) is 41.7 Å². The molecule has 0 aromatic carbocycles. The van der Waals surface area contributed by atoms with Crippen LogP contribution >= 0.6 is 0 Å². The SMILES string of the molecule is COCc1nn(C)c2c(Nc3cc([C@H]4CC[C@@H](OC(=O)NC(C)C)C4)[nH]n3)ncnc12. The summed E-state index contributed by atoms with van der Waals surface area (Å²) in [4.78, 5) is 20.6. The zero-order valence-corrected chi connectivity index (χ0v) is 18.2. The monoisotopic (exact) mass is 428 g/mol. The van der Waals surface area contributed by atoms with Gasteiger partial charge in [-0.15, -0.1) is 0 Å². The highest BCUT2D eigenvalue weighted by atomic mass is 16.6. The van der Waals surface area contributed by atoms with E-state index in [4.69, 9.17) is 9.47 Å². The van der Waals surface area contributed by atoms with Gasteiger partial charge in [-0.1, -0.05) is 0 Å². The Labute approximate surface area is 179 Å². The molecule has 1 amide bonds. The number of carbonyl (C=O) groups excluding carboxylic acids is 1. The van der Waals surface area contributed by atoms with Gasteiger partial charge in [0.2, 0.25) is 0 Å². The summed E-state index contributed by atoms with van der Waals surface area (Å²) in [6, 6.07) is 2.03. The Bertz CT molecular complexity index is 1060. The van der Waals surface area contributed by atoms with Crippen molar-refractivity contribution < 1.29 is 14.3 Å². The summed E-state index contributed by atoms with van der Waals surface area (Å²) in [6.07, 6.45) is 3.60. The highest BCUT2D eigenvalue weighted by Crippen LogP contribution is 2.36. The van der Waals surface area contributed by atoms with Gasteiger partial charge in [-0.25, -0.2) is 14.8 Å². The van der Waals surface area contributed by atoms with Crippen LogP contribution in [0.25, 0.3) is 11.0 Å². The molecule has 3 aromatic heterocycles. The Morgan fingerprint density at radius 3 is 2.97 bits per heavy atom. The molecule has 11 nitrogen and oxygen atoms in total. The van der Waals surface area contributed by atoms with E-state index in [0.29, 0.717) is 18.2 Å². The number of nitrogens with one attached hydrogen (secondary N) is 3. The minimum atomic E-state index is -0.357. The average molecular weight is 428 g/mol. The number of ether oxygens (including phenoxy) is 2. The van der Waals surface area contributed by atoms with Crippen LogP contribution in [0.3, 0.4) is 0 Å². The molecule has 0 unspecified atom stereocenters. The molecule has 1 aliphatic rings. The van der Waals surface area contributed by atoms with E-state index in [1.807, 2.05) is 27.0 Å². The second-order valence-electron chi connectivity index (χ2n) is 8.09. The minimum absolute atomic E-state index is 0.0595. The summed E-state index contributed by atoms with van der Waals surface area (Å²) in [5.41, 5.74) is 3.29. The van der Waals surface area contributed by atoms with E-state index in [1.165, 1.54) is 6.33 Å². The number of hydrogen-bond donors (Lipinski definition) is 3. The number of alkyl carbamates (subject to hydrolysis) is 1. The first-order valence-electron chi connectivity index (χ1n) is 10.4. The summed E-state index contributed by atoms with van der Waals surface area (Å²) in [6.45, 7) is 4.20. The molecule has 3 N–H and O–H groups in total. The van der Waals surface area contributed by atoms with E-state index in [1.54, 1.807) is 11.8 Å². The molecule has 3 aromatic rings. The Balaban J connectivity index is 1.44. The molecule has 0 aliphatic heterocycles. The molecule has 2 atom stereocenters. The molecule has 1 fully saturated rings. The van der Waals surface area contributed by atoms with Gasteiger partial charge in [0.05, 0.1) is 6.61 Å². The lowest BCUT2D eigenvalue weighted by molar-refractivity contribution is 0.0981. The maximum absolute atomic E-state index is 11.8. The van der Waals surface area contributed by atoms with Gasteiger partial charge in [-0.05, 0) is 33.1 Å². The zero-order chi connectivity index (χ0) is 22.0. The molecule has 0 radical (unpaired) electrons. The van der Waals surface area contributed by atoms with Gasteiger partial charge in [0, 0.05) is 37.9 Å². The first kappa shape index (κ1) is 21.0. The molecule has 1 saturated carbocycles. The van der Waals surface area contributed by atoms with Gasteiger partial charge in [0.25, 0.3) is 0 Å². The Kier molecular flexibility index (Phi) is 6.03. The lowest BCUT2D eigenvalue weighted by Gasteiger charge is -2.14. The maximum Gasteiger partial charge on any atom is 0.407 e. The van der Waals surface area contributed by atoms with Crippen LogP contribution in [0.4, 0.5) is 16.4 Å². The highest BCUT2D eigenvalue weighted by Gasteiger charge is 2.30. The molecule has 0 bridgehead atoms. The van der Waals surface area contributed by atoms with Crippen LogP contribution < -0.4 is 10.6 Å². The number of carbonyl (C=O) groups is 1. The number of aromatic nitrogens is 6. The van der Waals surface area contributed by atoms with Crippen LogP contribution in [-0.2, 0) is 23.1 Å². The van der Waals surface area contributed by atoms with Crippen molar-refractivity contribution in [2.24, 2.45) is 7.05 Å². The molecule has 4 rings (SSSR count). The van der Waals surface area contributed by atoms with E-state index in [9.17, 15) is 4.79 Å². The molecule has 0 spiro atoms. The van der Waals surface area contributed by atoms with Crippen molar-refractivity contribution in [1.82, 2.24) is 35.3 Å². The fourth-order valence-corrected chi connectivity index (χ4v) is 3.98. The van der Waals surface area contributed by atoms with Gasteiger partial charge in [-0.2, -0.15) is 10.2 Å². The van der Waals surface area contributed by atoms with Gasteiger partial charge in [0.15, 0.2) is 11.6 Å². The first-order chi connectivity index (χ1) is 14.9.